The molecule has 2 bridgehead atoms. The molecule has 7 heteroatoms. The largest absolute Gasteiger partial charge is 0.347 e. The molecule has 0 amide bonds. The van der Waals surface area contributed by atoms with Crippen LogP contribution in [0.5, 0.6) is 0 Å². The molecule has 2 heterocycles. The summed E-state index contributed by atoms with van der Waals surface area (Å²) in [5.74, 6) is -2.43. The predicted molar refractivity (Wildman–Crippen MR) is 110 cm³/mol. The van der Waals surface area contributed by atoms with Gasteiger partial charge in [-0.2, -0.15) is 0 Å². The first-order valence-corrected chi connectivity index (χ1v) is 12.2. The number of ketones is 2. The highest BCUT2D eigenvalue weighted by Gasteiger charge is 2.64. The van der Waals surface area contributed by atoms with Crippen molar-refractivity contribution in [2.75, 3.05) is 30.9 Å². The highest BCUT2D eigenvalue weighted by atomic mass is 127. The van der Waals surface area contributed by atoms with Crippen LogP contribution in [0.3, 0.4) is 0 Å². The van der Waals surface area contributed by atoms with E-state index in [2.05, 4.69) is 22.6 Å². The topological polar surface area (TPSA) is 71.1 Å². The smallest absolute Gasteiger partial charge is 0.232 e. The Kier molecular flexibility index (Phi) is 6.20. The van der Waals surface area contributed by atoms with Gasteiger partial charge in [-0.1, -0.05) is 35.4 Å². The van der Waals surface area contributed by atoms with Gasteiger partial charge in [-0.15, -0.1) is 0 Å². The first kappa shape index (κ1) is 21.2. The van der Waals surface area contributed by atoms with Crippen LogP contribution in [0, 0.1) is 17.3 Å². The lowest BCUT2D eigenvalue weighted by atomic mass is 9.57. The molecule has 1 spiro atoms. The fraction of sp³-hybridized carbons (Fsp3) is 0.905. The maximum atomic E-state index is 13.8. The van der Waals surface area contributed by atoms with E-state index >= 15 is 0 Å². The average Bonchev–Trinajstić information content (AvgIpc) is 3.37. The summed E-state index contributed by atoms with van der Waals surface area (Å²) in [6.07, 6.45) is 5.89. The minimum atomic E-state index is -1.23. The first-order valence-electron chi connectivity index (χ1n) is 10.7. The third-order valence-corrected chi connectivity index (χ3v) is 8.09. The van der Waals surface area contributed by atoms with Crippen LogP contribution in [0.25, 0.3) is 0 Å². The molecule has 0 aromatic rings. The third-order valence-electron chi connectivity index (χ3n) is 7.33. The molecule has 0 aromatic heterocycles. The van der Waals surface area contributed by atoms with Crippen LogP contribution in [0.1, 0.15) is 58.3 Å². The van der Waals surface area contributed by atoms with E-state index < -0.39 is 17.0 Å². The van der Waals surface area contributed by atoms with E-state index in [4.69, 9.17) is 18.9 Å². The molecule has 4 aliphatic rings. The van der Waals surface area contributed by atoms with Crippen LogP contribution in [0.4, 0.5) is 0 Å². The zero-order chi connectivity index (χ0) is 19.8. The molecule has 28 heavy (non-hydrogen) atoms. The molecule has 6 nitrogen and oxygen atoms in total. The van der Waals surface area contributed by atoms with Crippen molar-refractivity contribution in [1.29, 1.82) is 0 Å². The predicted octanol–water partition coefficient (Wildman–Crippen LogP) is 3.43. The second kappa shape index (κ2) is 8.21. The van der Waals surface area contributed by atoms with Crippen molar-refractivity contribution in [3.63, 3.8) is 0 Å². The van der Waals surface area contributed by atoms with Gasteiger partial charge in [-0.3, -0.25) is 9.59 Å². The molecule has 158 valence electrons. The standard InChI is InChI=1S/C21H31IO6/c1-19(25-9-10-26-19)20-7-4-5-15(14-20)18(24)21(27-11-12-28-21)16(13-17(20)23)6-2-3-8-22/h15-16H,2-14H2,1H3/t15-,16+,20-/m0/s1. The highest BCUT2D eigenvalue weighted by molar-refractivity contribution is 14.1. The van der Waals surface area contributed by atoms with Gasteiger partial charge in [0.05, 0.1) is 31.8 Å². The summed E-state index contributed by atoms with van der Waals surface area (Å²) >= 11 is 2.37. The molecule has 2 aliphatic carbocycles. The number of halogens is 1. The van der Waals surface area contributed by atoms with Gasteiger partial charge in [-0.05, 0) is 43.5 Å². The molecule has 0 aromatic carbocycles. The maximum absolute atomic E-state index is 13.8. The quantitative estimate of drug-likeness (QED) is 0.323. The molecule has 4 fully saturated rings. The van der Waals surface area contributed by atoms with Crippen LogP contribution in [0.15, 0.2) is 0 Å². The number of unbranched alkanes of at least 4 members (excludes halogenated alkanes) is 1. The molecule has 0 N–H and O–H groups in total. The van der Waals surface area contributed by atoms with E-state index in [1.54, 1.807) is 0 Å². The second-order valence-electron chi connectivity index (χ2n) is 8.76. The molecule has 2 saturated heterocycles. The highest BCUT2D eigenvalue weighted by Crippen LogP contribution is 2.56. The van der Waals surface area contributed by atoms with E-state index in [-0.39, 0.29) is 23.4 Å². The molecule has 0 unspecified atom stereocenters. The Hall–Kier alpha value is -0.0900. The van der Waals surface area contributed by atoms with Gasteiger partial charge < -0.3 is 18.9 Å². The van der Waals surface area contributed by atoms with Crippen molar-refractivity contribution in [2.24, 2.45) is 17.3 Å². The lowest BCUT2D eigenvalue weighted by molar-refractivity contribution is -0.246. The van der Waals surface area contributed by atoms with Crippen LogP contribution in [0.2, 0.25) is 0 Å². The van der Waals surface area contributed by atoms with Crippen molar-refractivity contribution in [3.05, 3.63) is 0 Å². The number of fused-ring (bicyclic) bond motifs is 2. The number of carbonyl (C=O) groups excluding carboxylic acids is 2. The fourth-order valence-electron chi connectivity index (χ4n) is 5.83. The zero-order valence-corrected chi connectivity index (χ0v) is 18.8. The van der Waals surface area contributed by atoms with E-state index in [9.17, 15) is 9.59 Å². The summed E-state index contributed by atoms with van der Waals surface area (Å²) in [5.41, 5.74) is -0.746. The summed E-state index contributed by atoms with van der Waals surface area (Å²) in [5, 5.41) is 0. The summed E-state index contributed by atoms with van der Waals surface area (Å²) < 4.78 is 25.1. The van der Waals surface area contributed by atoms with Crippen LogP contribution in [-0.2, 0) is 28.5 Å². The van der Waals surface area contributed by atoms with Crippen LogP contribution < -0.4 is 0 Å². The van der Waals surface area contributed by atoms with Gasteiger partial charge in [0.25, 0.3) is 0 Å². The monoisotopic (exact) mass is 506 g/mol. The SMILES string of the molecule is CC1([C@@]23CCC[C@@H](C2)C(=O)C2(OCCO2)[C@H](CCCCI)CC3=O)OCCO1. The van der Waals surface area contributed by atoms with E-state index in [0.29, 0.717) is 39.3 Å². The molecule has 0 radical (unpaired) electrons. The number of carbonyl (C=O) groups is 2. The molecular formula is C21H31IO6. The Morgan fingerprint density at radius 1 is 1.04 bits per heavy atom. The molecule has 3 atom stereocenters. The lowest BCUT2D eigenvalue weighted by Crippen LogP contribution is -2.61. The number of alkyl halides is 1. The van der Waals surface area contributed by atoms with Crippen molar-refractivity contribution in [2.45, 2.75) is 69.9 Å². The number of rotatable bonds is 5. The lowest BCUT2D eigenvalue weighted by Gasteiger charge is -2.51. The Morgan fingerprint density at radius 3 is 2.39 bits per heavy atom. The van der Waals surface area contributed by atoms with Gasteiger partial charge in [-0.25, -0.2) is 0 Å². The Bertz CT molecular complexity index is 610. The van der Waals surface area contributed by atoms with Crippen molar-refractivity contribution in [3.8, 4) is 0 Å². The third kappa shape index (κ3) is 3.29. The number of hydrogen-bond acceptors (Lipinski definition) is 6. The molecular weight excluding hydrogens is 475 g/mol. The summed E-state index contributed by atoms with van der Waals surface area (Å²) in [6.45, 7) is 3.74. The van der Waals surface area contributed by atoms with E-state index in [1.807, 2.05) is 6.92 Å². The number of ether oxygens (including phenoxy) is 4. The maximum Gasteiger partial charge on any atom is 0.232 e. The molecule has 4 rings (SSSR count). The summed E-state index contributed by atoms with van der Waals surface area (Å²) in [7, 11) is 0. The van der Waals surface area contributed by atoms with Gasteiger partial charge in [0.1, 0.15) is 5.78 Å². The van der Waals surface area contributed by atoms with Gasteiger partial charge >= 0.3 is 0 Å². The van der Waals surface area contributed by atoms with E-state index in [1.165, 1.54) is 0 Å². The number of hydrogen-bond donors (Lipinski definition) is 0. The Morgan fingerprint density at radius 2 is 1.71 bits per heavy atom. The van der Waals surface area contributed by atoms with Crippen LogP contribution >= 0.6 is 22.6 Å². The molecule has 2 saturated carbocycles. The van der Waals surface area contributed by atoms with Crippen molar-refractivity contribution < 1.29 is 28.5 Å². The number of Topliss-reactive ketones (excluding diaryl/α,β-unsaturated/α-hetero) is 2. The average molecular weight is 506 g/mol. The normalized spacial score (nSPS) is 37.2. The van der Waals surface area contributed by atoms with Crippen molar-refractivity contribution in [1.82, 2.24) is 0 Å². The zero-order valence-electron chi connectivity index (χ0n) is 16.7. The van der Waals surface area contributed by atoms with Gasteiger partial charge in [0.15, 0.2) is 11.6 Å². The molecule has 2 aliphatic heterocycles. The Labute approximate surface area is 180 Å². The van der Waals surface area contributed by atoms with E-state index in [0.717, 1.165) is 43.0 Å². The minimum absolute atomic E-state index is 0.0441. The minimum Gasteiger partial charge on any atom is -0.347 e. The summed E-state index contributed by atoms with van der Waals surface area (Å²) in [6, 6.07) is 0. The first-order chi connectivity index (χ1) is 13.5. The van der Waals surface area contributed by atoms with Crippen LogP contribution in [-0.4, -0.2) is 54.0 Å². The van der Waals surface area contributed by atoms with Crippen molar-refractivity contribution >= 4 is 34.2 Å². The fourth-order valence-corrected chi connectivity index (χ4v) is 6.37. The second-order valence-corrected chi connectivity index (χ2v) is 9.83. The van der Waals surface area contributed by atoms with Gasteiger partial charge in [0.2, 0.25) is 5.79 Å². The summed E-state index contributed by atoms with van der Waals surface area (Å²) in [4.78, 5) is 27.5. The van der Waals surface area contributed by atoms with Gasteiger partial charge in [0, 0.05) is 18.3 Å². The Balaban J connectivity index is 1.71.